The molecule has 0 spiro atoms. The summed E-state index contributed by atoms with van der Waals surface area (Å²) in [6, 6.07) is 2.79. The number of H-pyrrole nitrogens is 1. The van der Waals surface area contributed by atoms with E-state index in [1.165, 1.54) is 12.1 Å². The number of rotatable bonds is 2. The summed E-state index contributed by atoms with van der Waals surface area (Å²) in [6.45, 7) is 2.22. The minimum atomic E-state index is -0.375. The number of aromatic amines is 1. The van der Waals surface area contributed by atoms with E-state index >= 15 is 0 Å². The predicted octanol–water partition coefficient (Wildman–Crippen LogP) is 2.90. The molecule has 4 rings (SSSR count). The van der Waals surface area contributed by atoms with Gasteiger partial charge in [0, 0.05) is 30.6 Å². The Hall–Kier alpha value is -1.92. The number of halogens is 2. The van der Waals surface area contributed by atoms with E-state index in [1.54, 1.807) is 11.1 Å². The minimum Gasteiger partial charge on any atom is -0.381 e. The summed E-state index contributed by atoms with van der Waals surface area (Å²) in [5.41, 5.74) is 3.12. The van der Waals surface area contributed by atoms with Crippen molar-refractivity contribution in [2.75, 3.05) is 19.8 Å². The molecule has 0 bridgehead atoms. The monoisotopic (exact) mass is 349 g/mol. The smallest absolute Gasteiger partial charge is 0.257 e. The molecule has 1 N–H and O–H groups in total. The molecule has 2 aliphatic heterocycles. The quantitative estimate of drug-likeness (QED) is 0.907. The van der Waals surface area contributed by atoms with Crippen LogP contribution in [0.2, 0.25) is 5.02 Å². The van der Waals surface area contributed by atoms with Gasteiger partial charge in [-0.15, -0.1) is 0 Å². The molecule has 24 heavy (non-hydrogen) atoms. The van der Waals surface area contributed by atoms with Gasteiger partial charge in [0.1, 0.15) is 5.82 Å². The van der Waals surface area contributed by atoms with Gasteiger partial charge in [-0.2, -0.15) is 5.10 Å². The normalized spacial score (nSPS) is 20.2. The Bertz CT molecular complexity index is 786. The Morgan fingerprint density at radius 2 is 2.33 bits per heavy atom. The summed E-state index contributed by atoms with van der Waals surface area (Å²) in [4.78, 5) is 14.6. The molecule has 1 aromatic carbocycles. The van der Waals surface area contributed by atoms with Crippen LogP contribution in [0.3, 0.4) is 0 Å². The van der Waals surface area contributed by atoms with Gasteiger partial charge < -0.3 is 9.64 Å². The molecule has 1 atom stereocenters. The van der Waals surface area contributed by atoms with Crippen molar-refractivity contribution < 1.29 is 13.9 Å². The molecule has 0 radical (unpaired) electrons. The van der Waals surface area contributed by atoms with Gasteiger partial charge in [0.25, 0.3) is 5.91 Å². The van der Waals surface area contributed by atoms with Crippen molar-refractivity contribution >= 4 is 17.5 Å². The zero-order valence-corrected chi connectivity index (χ0v) is 13.8. The average Bonchev–Trinajstić information content (AvgIpc) is 3.24. The number of amides is 1. The number of nitrogens with zero attached hydrogens (tertiary/aromatic N) is 2. The standard InChI is InChI=1S/C17H17ClFN3O2/c18-15-6-12(19)5-11-8-22(3-1-13(11)15)17(23)14-7-20-21-16(14)10-2-4-24-9-10/h5-7,10H,1-4,8-9H2,(H,20,21). The molecule has 1 saturated heterocycles. The minimum absolute atomic E-state index is 0.0864. The van der Waals surface area contributed by atoms with Crippen LogP contribution in [-0.4, -0.2) is 40.8 Å². The van der Waals surface area contributed by atoms with Gasteiger partial charge in [0.2, 0.25) is 0 Å². The van der Waals surface area contributed by atoms with Gasteiger partial charge in [-0.3, -0.25) is 9.89 Å². The Balaban J connectivity index is 1.59. The van der Waals surface area contributed by atoms with Crippen molar-refractivity contribution in [3.05, 3.63) is 51.6 Å². The molecule has 1 aromatic heterocycles. The first-order valence-electron chi connectivity index (χ1n) is 8.00. The number of carbonyl (C=O) groups is 1. The fourth-order valence-electron chi connectivity index (χ4n) is 3.49. The van der Waals surface area contributed by atoms with Crippen molar-refractivity contribution in [2.45, 2.75) is 25.3 Å². The van der Waals surface area contributed by atoms with Crippen LogP contribution in [0, 0.1) is 5.82 Å². The molecule has 3 heterocycles. The highest BCUT2D eigenvalue weighted by molar-refractivity contribution is 6.31. The van der Waals surface area contributed by atoms with Crippen molar-refractivity contribution in [3.8, 4) is 0 Å². The molecule has 7 heteroatoms. The van der Waals surface area contributed by atoms with E-state index in [2.05, 4.69) is 10.2 Å². The summed E-state index contributed by atoms with van der Waals surface area (Å²) < 4.78 is 19.0. The molecule has 0 saturated carbocycles. The Morgan fingerprint density at radius 3 is 3.12 bits per heavy atom. The number of carbonyl (C=O) groups excluding carboxylic acids is 1. The lowest BCUT2D eigenvalue weighted by Gasteiger charge is -2.29. The molecule has 1 fully saturated rings. The molecule has 2 aliphatic rings. The molecule has 2 aromatic rings. The number of ether oxygens (including phenoxy) is 1. The van der Waals surface area contributed by atoms with Crippen molar-refractivity contribution in [1.82, 2.24) is 15.1 Å². The Morgan fingerprint density at radius 1 is 1.46 bits per heavy atom. The number of benzene rings is 1. The van der Waals surface area contributed by atoms with Gasteiger partial charge in [-0.1, -0.05) is 11.6 Å². The third kappa shape index (κ3) is 2.70. The van der Waals surface area contributed by atoms with Gasteiger partial charge in [0.15, 0.2) is 0 Å². The van der Waals surface area contributed by atoms with Crippen LogP contribution in [0.25, 0.3) is 0 Å². The topological polar surface area (TPSA) is 58.2 Å². The van der Waals surface area contributed by atoms with Gasteiger partial charge in [-0.25, -0.2) is 4.39 Å². The first-order chi connectivity index (χ1) is 11.6. The summed E-state index contributed by atoms with van der Waals surface area (Å²) >= 11 is 6.11. The predicted molar refractivity (Wildman–Crippen MR) is 86.6 cm³/mol. The number of fused-ring (bicyclic) bond motifs is 1. The van der Waals surface area contributed by atoms with Crippen molar-refractivity contribution in [3.63, 3.8) is 0 Å². The maximum atomic E-state index is 13.6. The molecule has 126 valence electrons. The lowest BCUT2D eigenvalue weighted by Crippen LogP contribution is -2.36. The van der Waals surface area contributed by atoms with Gasteiger partial charge in [0.05, 0.1) is 24.1 Å². The zero-order valence-electron chi connectivity index (χ0n) is 13.0. The number of aromatic nitrogens is 2. The van der Waals surface area contributed by atoms with Crippen LogP contribution in [-0.2, 0) is 17.7 Å². The average molecular weight is 350 g/mol. The highest BCUT2D eigenvalue weighted by atomic mass is 35.5. The van der Waals surface area contributed by atoms with E-state index in [-0.39, 0.29) is 17.6 Å². The molecular weight excluding hydrogens is 333 g/mol. The summed E-state index contributed by atoms with van der Waals surface area (Å²) in [7, 11) is 0. The first-order valence-corrected chi connectivity index (χ1v) is 8.38. The maximum Gasteiger partial charge on any atom is 0.257 e. The number of hydrogen-bond donors (Lipinski definition) is 1. The second-order valence-electron chi connectivity index (χ2n) is 6.26. The SMILES string of the molecule is O=C(c1cn[nH]c1C1CCOC1)N1CCc2c(Cl)cc(F)cc2C1. The van der Waals surface area contributed by atoms with Crippen molar-refractivity contribution in [2.24, 2.45) is 0 Å². The summed E-state index contributed by atoms with van der Waals surface area (Å²) in [6.07, 6.45) is 3.08. The van der Waals surface area contributed by atoms with E-state index < -0.39 is 0 Å². The van der Waals surface area contributed by atoms with Gasteiger partial charge >= 0.3 is 0 Å². The number of nitrogens with one attached hydrogen (secondary N) is 1. The van der Waals surface area contributed by atoms with Crippen LogP contribution in [0.15, 0.2) is 18.3 Å². The van der Waals surface area contributed by atoms with Crippen LogP contribution in [0.5, 0.6) is 0 Å². The third-order valence-corrected chi connectivity index (χ3v) is 5.11. The lowest BCUT2D eigenvalue weighted by atomic mass is 9.97. The number of hydrogen-bond acceptors (Lipinski definition) is 3. The van der Waals surface area contributed by atoms with Crippen molar-refractivity contribution in [1.29, 1.82) is 0 Å². The fourth-order valence-corrected chi connectivity index (χ4v) is 3.81. The zero-order chi connectivity index (χ0) is 16.7. The van der Waals surface area contributed by atoms with E-state index in [0.29, 0.717) is 43.3 Å². The van der Waals surface area contributed by atoms with E-state index in [9.17, 15) is 9.18 Å². The Kier molecular flexibility index (Phi) is 4.02. The summed E-state index contributed by atoms with van der Waals surface area (Å²) in [5, 5.41) is 7.43. The highest BCUT2D eigenvalue weighted by Crippen LogP contribution is 2.30. The van der Waals surface area contributed by atoms with E-state index in [4.69, 9.17) is 16.3 Å². The summed E-state index contributed by atoms with van der Waals surface area (Å²) in [5.74, 6) is -0.285. The molecule has 5 nitrogen and oxygen atoms in total. The van der Waals surface area contributed by atoms with E-state index in [0.717, 1.165) is 23.2 Å². The highest BCUT2D eigenvalue weighted by Gasteiger charge is 2.29. The van der Waals surface area contributed by atoms with Crippen LogP contribution >= 0.6 is 11.6 Å². The fraction of sp³-hybridized carbons (Fsp3) is 0.412. The lowest BCUT2D eigenvalue weighted by molar-refractivity contribution is 0.0732. The van der Waals surface area contributed by atoms with Gasteiger partial charge in [-0.05, 0) is 36.1 Å². The van der Waals surface area contributed by atoms with Crippen LogP contribution < -0.4 is 0 Å². The maximum absolute atomic E-state index is 13.6. The molecule has 1 unspecified atom stereocenters. The van der Waals surface area contributed by atoms with E-state index in [1.807, 2.05) is 0 Å². The largest absolute Gasteiger partial charge is 0.381 e. The van der Waals surface area contributed by atoms with Crippen LogP contribution in [0.4, 0.5) is 4.39 Å². The second kappa shape index (κ2) is 6.18. The molecule has 0 aliphatic carbocycles. The Labute approximate surface area is 143 Å². The first kappa shape index (κ1) is 15.6. The molecular formula is C17H17ClFN3O2. The second-order valence-corrected chi connectivity index (χ2v) is 6.67. The van der Waals surface area contributed by atoms with Crippen LogP contribution in [0.1, 0.15) is 39.5 Å². The molecule has 1 amide bonds. The third-order valence-electron chi connectivity index (χ3n) is 4.77.